The summed E-state index contributed by atoms with van der Waals surface area (Å²) in [4.78, 5) is 17.4. The molecular formula is C17H18N2O2S. The van der Waals surface area contributed by atoms with Gasteiger partial charge in [-0.1, -0.05) is 6.07 Å². The minimum atomic E-state index is 0.0683. The molecule has 0 radical (unpaired) electrons. The number of phenols is 1. The van der Waals surface area contributed by atoms with Crippen LogP contribution in [0.4, 0.5) is 5.69 Å². The molecule has 1 aromatic carbocycles. The van der Waals surface area contributed by atoms with Gasteiger partial charge in [0.05, 0.1) is 0 Å². The lowest BCUT2D eigenvalue weighted by molar-refractivity contribution is -0.126. The van der Waals surface area contributed by atoms with Gasteiger partial charge in [-0.15, -0.1) is 11.3 Å². The second-order valence-corrected chi connectivity index (χ2v) is 6.16. The van der Waals surface area contributed by atoms with Gasteiger partial charge in [0, 0.05) is 42.8 Å². The highest BCUT2D eigenvalue weighted by Crippen LogP contribution is 2.20. The van der Waals surface area contributed by atoms with Crippen LogP contribution >= 0.6 is 11.3 Å². The number of amides is 1. The first kappa shape index (κ1) is 14.7. The molecule has 3 rings (SSSR count). The number of hydrogen-bond donors (Lipinski definition) is 1. The van der Waals surface area contributed by atoms with Crippen LogP contribution in [0, 0.1) is 0 Å². The summed E-state index contributed by atoms with van der Waals surface area (Å²) in [6.45, 7) is 3.05. The predicted octanol–water partition coefficient (Wildman–Crippen LogP) is 2.82. The molecular weight excluding hydrogens is 296 g/mol. The van der Waals surface area contributed by atoms with E-state index in [1.807, 2.05) is 40.6 Å². The summed E-state index contributed by atoms with van der Waals surface area (Å²) >= 11 is 1.62. The van der Waals surface area contributed by atoms with Gasteiger partial charge in [-0.05, 0) is 41.8 Å². The summed E-state index contributed by atoms with van der Waals surface area (Å²) in [6.07, 6.45) is 3.53. The number of benzene rings is 1. The Labute approximate surface area is 133 Å². The van der Waals surface area contributed by atoms with Crippen molar-refractivity contribution in [2.24, 2.45) is 0 Å². The third kappa shape index (κ3) is 3.49. The molecule has 0 saturated carbocycles. The van der Waals surface area contributed by atoms with Gasteiger partial charge in [-0.25, -0.2) is 0 Å². The van der Waals surface area contributed by atoms with E-state index in [4.69, 9.17) is 0 Å². The first-order valence-electron chi connectivity index (χ1n) is 7.27. The molecule has 1 aliphatic rings. The number of carbonyl (C=O) groups excluding carboxylic acids is 1. The zero-order chi connectivity index (χ0) is 15.4. The molecule has 4 nitrogen and oxygen atoms in total. The Morgan fingerprint density at radius 2 is 1.82 bits per heavy atom. The van der Waals surface area contributed by atoms with E-state index in [-0.39, 0.29) is 11.7 Å². The van der Waals surface area contributed by atoms with Crippen LogP contribution in [0.3, 0.4) is 0 Å². The Morgan fingerprint density at radius 3 is 2.45 bits per heavy atom. The van der Waals surface area contributed by atoms with Gasteiger partial charge in [0.25, 0.3) is 0 Å². The lowest BCUT2D eigenvalue weighted by Crippen LogP contribution is -2.48. The van der Waals surface area contributed by atoms with Crippen molar-refractivity contribution >= 4 is 29.0 Å². The largest absolute Gasteiger partial charge is 0.508 e. The van der Waals surface area contributed by atoms with Crippen molar-refractivity contribution in [3.05, 3.63) is 52.7 Å². The van der Waals surface area contributed by atoms with Crippen LogP contribution in [-0.2, 0) is 4.79 Å². The monoisotopic (exact) mass is 314 g/mol. The highest BCUT2D eigenvalue weighted by atomic mass is 32.1. The number of anilines is 1. The Kier molecular flexibility index (Phi) is 4.44. The lowest BCUT2D eigenvalue weighted by atomic mass is 10.2. The van der Waals surface area contributed by atoms with Crippen molar-refractivity contribution in [1.82, 2.24) is 4.90 Å². The molecule has 0 unspecified atom stereocenters. The number of aromatic hydroxyl groups is 1. The molecule has 1 aromatic heterocycles. The second-order valence-electron chi connectivity index (χ2n) is 5.18. The molecule has 2 aromatic rings. The van der Waals surface area contributed by atoms with E-state index in [1.165, 1.54) is 0 Å². The lowest BCUT2D eigenvalue weighted by Gasteiger charge is -2.35. The molecule has 22 heavy (non-hydrogen) atoms. The molecule has 114 valence electrons. The third-order valence-electron chi connectivity index (χ3n) is 3.74. The number of thiophene rings is 1. The molecule has 1 N–H and O–H groups in total. The number of rotatable bonds is 3. The summed E-state index contributed by atoms with van der Waals surface area (Å²) in [7, 11) is 0. The number of nitrogens with zero attached hydrogens (tertiary/aromatic N) is 2. The number of piperazine rings is 1. The first-order valence-corrected chi connectivity index (χ1v) is 8.15. The van der Waals surface area contributed by atoms with Crippen LogP contribution in [0.5, 0.6) is 5.75 Å². The van der Waals surface area contributed by atoms with Crippen LogP contribution in [0.1, 0.15) is 4.88 Å². The van der Waals surface area contributed by atoms with Crippen molar-refractivity contribution < 1.29 is 9.90 Å². The summed E-state index contributed by atoms with van der Waals surface area (Å²) in [5.41, 5.74) is 1.08. The average Bonchev–Trinajstić information content (AvgIpc) is 3.07. The quantitative estimate of drug-likeness (QED) is 0.886. The van der Waals surface area contributed by atoms with E-state index in [1.54, 1.807) is 29.5 Å². The van der Waals surface area contributed by atoms with E-state index in [9.17, 15) is 9.90 Å². The maximum Gasteiger partial charge on any atom is 0.246 e. The topological polar surface area (TPSA) is 43.8 Å². The van der Waals surface area contributed by atoms with Crippen molar-refractivity contribution in [3.8, 4) is 5.75 Å². The molecule has 1 fully saturated rings. The molecule has 0 atom stereocenters. The van der Waals surface area contributed by atoms with Crippen LogP contribution in [-0.4, -0.2) is 42.1 Å². The zero-order valence-electron chi connectivity index (χ0n) is 12.2. The van der Waals surface area contributed by atoms with E-state index in [0.717, 1.165) is 23.7 Å². The molecule has 2 heterocycles. The van der Waals surface area contributed by atoms with Gasteiger partial charge in [-0.3, -0.25) is 4.79 Å². The van der Waals surface area contributed by atoms with Crippen molar-refractivity contribution in [1.29, 1.82) is 0 Å². The number of hydrogen-bond acceptors (Lipinski definition) is 4. The third-order valence-corrected chi connectivity index (χ3v) is 4.58. The van der Waals surface area contributed by atoms with Gasteiger partial charge in [0.15, 0.2) is 0 Å². The smallest absolute Gasteiger partial charge is 0.246 e. The fourth-order valence-electron chi connectivity index (χ4n) is 2.49. The number of carbonyl (C=O) groups is 1. The predicted molar refractivity (Wildman–Crippen MR) is 90.3 cm³/mol. The Bertz CT molecular complexity index is 642. The van der Waals surface area contributed by atoms with E-state index < -0.39 is 0 Å². The highest BCUT2D eigenvalue weighted by molar-refractivity contribution is 7.10. The molecule has 0 spiro atoms. The van der Waals surface area contributed by atoms with Gasteiger partial charge in [-0.2, -0.15) is 0 Å². The summed E-state index contributed by atoms with van der Waals surface area (Å²) in [6, 6.07) is 11.2. The van der Waals surface area contributed by atoms with Crippen LogP contribution in [0.25, 0.3) is 6.08 Å². The summed E-state index contributed by atoms with van der Waals surface area (Å²) < 4.78 is 0. The van der Waals surface area contributed by atoms with Gasteiger partial charge in [0.1, 0.15) is 5.75 Å². The summed E-state index contributed by atoms with van der Waals surface area (Å²) in [5, 5.41) is 11.3. The zero-order valence-corrected chi connectivity index (χ0v) is 13.0. The SMILES string of the molecule is O=C(/C=C/c1cccs1)N1CCN(c2ccc(O)cc2)CC1. The van der Waals surface area contributed by atoms with E-state index in [0.29, 0.717) is 13.1 Å². The molecule has 0 bridgehead atoms. The fourth-order valence-corrected chi connectivity index (χ4v) is 3.11. The fraction of sp³-hybridized carbons (Fsp3) is 0.235. The molecule has 0 aliphatic carbocycles. The van der Waals surface area contributed by atoms with E-state index in [2.05, 4.69) is 4.90 Å². The standard InChI is InChI=1S/C17H18N2O2S/c20-15-5-3-14(4-6-15)18-9-11-19(12-10-18)17(21)8-7-16-2-1-13-22-16/h1-8,13,20H,9-12H2/b8-7+. The Balaban J connectivity index is 1.55. The van der Waals surface area contributed by atoms with Crippen molar-refractivity contribution in [2.75, 3.05) is 31.1 Å². The Hall–Kier alpha value is -2.27. The highest BCUT2D eigenvalue weighted by Gasteiger charge is 2.19. The normalized spacial score (nSPS) is 15.5. The van der Waals surface area contributed by atoms with Gasteiger partial charge in [0.2, 0.25) is 5.91 Å². The maximum atomic E-state index is 12.2. The van der Waals surface area contributed by atoms with Crippen LogP contribution in [0.2, 0.25) is 0 Å². The second kappa shape index (κ2) is 6.66. The molecule has 1 aliphatic heterocycles. The van der Waals surface area contributed by atoms with Gasteiger partial charge >= 0.3 is 0 Å². The Morgan fingerprint density at radius 1 is 1.09 bits per heavy atom. The first-order chi connectivity index (χ1) is 10.7. The van der Waals surface area contributed by atoms with E-state index >= 15 is 0 Å². The van der Waals surface area contributed by atoms with Crippen molar-refractivity contribution in [3.63, 3.8) is 0 Å². The maximum absolute atomic E-state index is 12.2. The summed E-state index contributed by atoms with van der Waals surface area (Å²) in [5.74, 6) is 0.343. The molecule has 1 amide bonds. The average molecular weight is 314 g/mol. The van der Waals surface area contributed by atoms with Crippen LogP contribution < -0.4 is 4.90 Å². The number of phenolic OH excluding ortho intramolecular Hbond substituents is 1. The minimum absolute atomic E-state index is 0.0683. The van der Waals surface area contributed by atoms with Crippen LogP contribution in [0.15, 0.2) is 47.9 Å². The molecule has 1 saturated heterocycles. The molecule has 5 heteroatoms. The minimum Gasteiger partial charge on any atom is -0.508 e. The van der Waals surface area contributed by atoms with Crippen molar-refractivity contribution in [2.45, 2.75) is 0 Å². The van der Waals surface area contributed by atoms with Gasteiger partial charge < -0.3 is 14.9 Å².